The van der Waals surface area contributed by atoms with E-state index in [0.29, 0.717) is 37.3 Å². The van der Waals surface area contributed by atoms with E-state index in [0.717, 1.165) is 27.4 Å². The Morgan fingerprint density at radius 3 is 2.68 bits per heavy atom. The number of thiazole rings is 1. The van der Waals surface area contributed by atoms with E-state index in [1.807, 2.05) is 37.3 Å². The van der Waals surface area contributed by atoms with Gasteiger partial charge in [0.25, 0.3) is 5.56 Å². The molecule has 1 aliphatic heterocycles. The van der Waals surface area contributed by atoms with E-state index in [4.69, 9.17) is 4.98 Å². The lowest BCUT2D eigenvalue weighted by molar-refractivity contribution is 0.243. The zero-order chi connectivity index (χ0) is 19.9. The fourth-order valence-corrected chi connectivity index (χ4v) is 4.92. The molecule has 3 heterocycles. The highest BCUT2D eigenvalue weighted by Gasteiger charge is 2.25. The van der Waals surface area contributed by atoms with E-state index in [1.54, 1.807) is 11.3 Å². The van der Waals surface area contributed by atoms with E-state index in [2.05, 4.69) is 14.9 Å². The van der Waals surface area contributed by atoms with Gasteiger partial charge >= 0.3 is 0 Å². The van der Waals surface area contributed by atoms with Crippen LogP contribution in [0.15, 0.2) is 40.3 Å². The predicted octanol–water partition coefficient (Wildman–Crippen LogP) is 2.16. The summed E-state index contributed by atoms with van der Waals surface area (Å²) in [6, 6.07) is 10.1. The molecule has 0 aliphatic carbocycles. The van der Waals surface area contributed by atoms with E-state index in [9.17, 15) is 13.2 Å². The lowest BCUT2D eigenvalue weighted by Gasteiger charge is -2.27. The number of hydrogen-bond acceptors (Lipinski definition) is 7. The van der Waals surface area contributed by atoms with Crippen LogP contribution in [0.3, 0.4) is 0 Å². The quantitative estimate of drug-likeness (QED) is 0.655. The van der Waals surface area contributed by atoms with Crippen LogP contribution in [-0.2, 0) is 29.3 Å². The van der Waals surface area contributed by atoms with Crippen molar-refractivity contribution in [1.82, 2.24) is 19.9 Å². The van der Waals surface area contributed by atoms with Crippen molar-refractivity contribution in [1.29, 1.82) is 0 Å². The first-order chi connectivity index (χ1) is 13.3. The van der Waals surface area contributed by atoms with E-state index < -0.39 is 9.84 Å². The maximum Gasteiger partial charge on any atom is 0.256 e. The Bertz CT molecular complexity index is 1180. The van der Waals surface area contributed by atoms with Crippen LogP contribution in [0.4, 0.5) is 0 Å². The largest absolute Gasteiger partial charge is 0.297 e. The number of nitrogens with zero attached hydrogens (tertiary/aromatic N) is 3. The molecule has 4 rings (SSSR count). The average Bonchev–Trinajstić information content (AvgIpc) is 3.02. The number of hydrogen-bond donors (Lipinski definition) is 1. The maximum atomic E-state index is 12.4. The molecule has 28 heavy (non-hydrogen) atoms. The zero-order valence-electron chi connectivity index (χ0n) is 15.6. The molecule has 2 aromatic heterocycles. The SMILES string of the molecule is Cc1nc(-c2ccccc2)c(CN2CCc3nc(S(C)(=O)=O)[nH]c(=O)c3C2)s1. The van der Waals surface area contributed by atoms with Gasteiger partial charge in [-0.1, -0.05) is 30.3 Å². The summed E-state index contributed by atoms with van der Waals surface area (Å²) in [5.41, 5.74) is 2.80. The summed E-state index contributed by atoms with van der Waals surface area (Å²) >= 11 is 1.66. The van der Waals surface area contributed by atoms with Crippen molar-refractivity contribution in [3.8, 4) is 11.3 Å². The van der Waals surface area contributed by atoms with Crippen molar-refractivity contribution in [2.24, 2.45) is 0 Å². The lowest BCUT2D eigenvalue weighted by atomic mass is 10.1. The summed E-state index contributed by atoms with van der Waals surface area (Å²) in [5, 5.41) is 0.748. The molecule has 0 radical (unpaired) electrons. The van der Waals surface area contributed by atoms with Crippen LogP contribution in [0, 0.1) is 6.92 Å². The van der Waals surface area contributed by atoms with Crippen molar-refractivity contribution in [2.75, 3.05) is 12.8 Å². The fraction of sp³-hybridized carbons (Fsp3) is 0.316. The molecule has 9 heteroatoms. The number of benzene rings is 1. The molecule has 1 N–H and O–H groups in total. The molecule has 0 atom stereocenters. The number of aryl methyl sites for hydroxylation is 1. The third kappa shape index (κ3) is 3.78. The molecule has 0 spiro atoms. The van der Waals surface area contributed by atoms with Gasteiger partial charge in [-0.05, 0) is 6.92 Å². The summed E-state index contributed by atoms with van der Waals surface area (Å²) in [4.78, 5) is 27.0. The summed E-state index contributed by atoms with van der Waals surface area (Å²) < 4.78 is 23.4. The van der Waals surface area contributed by atoms with Gasteiger partial charge in [0.2, 0.25) is 15.0 Å². The van der Waals surface area contributed by atoms with Crippen LogP contribution in [0.25, 0.3) is 11.3 Å². The molecule has 0 bridgehead atoms. The minimum Gasteiger partial charge on any atom is -0.297 e. The van der Waals surface area contributed by atoms with Crippen molar-refractivity contribution in [3.63, 3.8) is 0 Å². The molecule has 1 aromatic carbocycles. The smallest absolute Gasteiger partial charge is 0.256 e. The summed E-state index contributed by atoms with van der Waals surface area (Å²) in [7, 11) is -3.54. The molecular weight excluding hydrogens is 396 g/mol. The third-order valence-corrected chi connectivity index (χ3v) is 6.55. The Labute approximate surface area is 167 Å². The molecule has 0 unspecified atom stereocenters. The Hall–Kier alpha value is -2.36. The van der Waals surface area contributed by atoms with Crippen LogP contribution in [0.2, 0.25) is 0 Å². The third-order valence-electron chi connectivity index (χ3n) is 4.70. The fourth-order valence-electron chi connectivity index (χ4n) is 3.37. The molecule has 3 aromatic rings. The number of aromatic nitrogens is 3. The van der Waals surface area contributed by atoms with E-state index in [1.165, 1.54) is 0 Å². The maximum absolute atomic E-state index is 12.4. The highest BCUT2D eigenvalue weighted by atomic mass is 32.2. The Kier molecular flexibility index (Phi) is 4.90. The van der Waals surface area contributed by atoms with Gasteiger partial charge in [0, 0.05) is 42.8 Å². The monoisotopic (exact) mass is 416 g/mol. The van der Waals surface area contributed by atoms with Gasteiger partial charge in [-0.15, -0.1) is 11.3 Å². The predicted molar refractivity (Wildman–Crippen MR) is 108 cm³/mol. The van der Waals surface area contributed by atoms with Crippen molar-refractivity contribution in [2.45, 2.75) is 31.6 Å². The second-order valence-corrected chi connectivity index (χ2v) is 10.1. The molecule has 0 saturated carbocycles. The lowest BCUT2D eigenvalue weighted by Crippen LogP contribution is -2.36. The molecule has 0 fully saturated rings. The first kappa shape index (κ1) is 19.0. The van der Waals surface area contributed by atoms with Gasteiger partial charge in [-0.3, -0.25) is 14.7 Å². The summed E-state index contributed by atoms with van der Waals surface area (Å²) in [6.07, 6.45) is 1.59. The molecular formula is C19H20N4O3S2. The van der Waals surface area contributed by atoms with Gasteiger partial charge in [-0.25, -0.2) is 18.4 Å². The normalized spacial score (nSPS) is 14.8. The van der Waals surface area contributed by atoms with Gasteiger partial charge in [0.15, 0.2) is 0 Å². The van der Waals surface area contributed by atoms with Crippen LogP contribution < -0.4 is 5.56 Å². The van der Waals surface area contributed by atoms with E-state index in [-0.39, 0.29) is 10.7 Å². The van der Waals surface area contributed by atoms with Gasteiger partial charge in [-0.2, -0.15) is 0 Å². The Balaban J connectivity index is 1.61. The molecule has 0 saturated heterocycles. The highest BCUT2D eigenvalue weighted by Crippen LogP contribution is 2.30. The highest BCUT2D eigenvalue weighted by molar-refractivity contribution is 7.90. The topological polar surface area (TPSA) is 96.0 Å². The second kappa shape index (κ2) is 7.23. The van der Waals surface area contributed by atoms with Gasteiger partial charge < -0.3 is 0 Å². The molecule has 146 valence electrons. The van der Waals surface area contributed by atoms with Crippen LogP contribution >= 0.6 is 11.3 Å². The van der Waals surface area contributed by atoms with Crippen molar-refractivity contribution in [3.05, 3.63) is 61.8 Å². The van der Waals surface area contributed by atoms with Crippen molar-refractivity contribution >= 4 is 21.2 Å². The number of rotatable bonds is 4. The van der Waals surface area contributed by atoms with Crippen LogP contribution in [-0.4, -0.2) is 41.1 Å². The van der Waals surface area contributed by atoms with Crippen molar-refractivity contribution < 1.29 is 8.42 Å². The Morgan fingerprint density at radius 1 is 1.21 bits per heavy atom. The number of fused-ring (bicyclic) bond motifs is 1. The second-order valence-electron chi connectivity index (χ2n) is 6.90. The standard InChI is InChI=1S/C19H20N4O3S2/c1-12-20-17(13-6-4-3-5-7-13)16(27-12)11-23-9-8-15-14(10-23)18(24)22-19(21-15)28(2,25)26/h3-7H,8-11H2,1-2H3,(H,21,22,24). The Morgan fingerprint density at radius 2 is 1.96 bits per heavy atom. The molecule has 1 aliphatic rings. The molecule has 0 amide bonds. The minimum atomic E-state index is -3.54. The zero-order valence-corrected chi connectivity index (χ0v) is 17.2. The summed E-state index contributed by atoms with van der Waals surface area (Å²) in [5.74, 6) is 0. The van der Waals surface area contributed by atoms with Gasteiger partial charge in [0.1, 0.15) is 0 Å². The van der Waals surface area contributed by atoms with Gasteiger partial charge in [0.05, 0.1) is 22.0 Å². The number of nitrogens with one attached hydrogen (secondary N) is 1. The number of H-pyrrole nitrogens is 1. The minimum absolute atomic E-state index is 0.255. The first-order valence-corrected chi connectivity index (χ1v) is 11.6. The molecule has 7 nitrogen and oxygen atoms in total. The van der Waals surface area contributed by atoms with E-state index >= 15 is 0 Å². The van der Waals surface area contributed by atoms with Crippen LogP contribution in [0.1, 0.15) is 21.1 Å². The van der Waals surface area contributed by atoms with Crippen LogP contribution in [0.5, 0.6) is 0 Å². The summed E-state index contributed by atoms with van der Waals surface area (Å²) in [6.45, 7) is 3.82. The average molecular weight is 417 g/mol. The number of sulfone groups is 1. The number of aromatic amines is 1. The first-order valence-electron chi connectivity index (χ1n) is 8.87.